The molecular formula is C42H81O6Sb. The first-order valence-electron chi connectivity index (χ1n) is 20.9. The van der Waals surface area contributed by atoms with Crippen molar-refractivity contribution in [2.45, 2.75) is 252 Å². The van der Waals surface area contributed by atoms with Crippen LogP contribution in [0.4, 0.5) is 0 Å². The number of aliphatic carboxylic acids is 3. The van der Waals surface area contributed by atoms with Gasteiger partial charge in [-0.15, -0.1) is 0 Å². The Balaban J connectivity index is -0.000000307. The first kappa shape index (κ1) is 55.0. The summed E-state index contributed by atoms with van der Waals surface area (Å²) in [6.45, 7) is 6.73. The van der Waals surface area contributed by atoms with Crippen LogP contribution in [0.5, 0.6) is 0 Å². The molecule has 0 bridgehead atoms. The topological polar surface area (TPSA) is 120 Å². The van der Waals surface area contributed by atoms with Crippen LogP contribution < -0.4 is 15.3 Å². The van der Waals surface area contributed by atoms with Crippen LogP contribution in [0.3, 0.4) is 0 Å². The van der Waals surface area contributed by atoms with Crippen LogP contribution in [0.2, 0.25) is 0 Å². The maximum absolute atomic E-state index is 10.1. The van der Waals surface area contributed by atoms with E-state index >= 15 is 0 Å². The number of unbranched alkanes of at least 4 members (excludes halogenated alkanes) is 30. The summed E-state index contributed by atoms with van der Waals surface area (Å²) >= 11 is 0. The number of hydrogen-bond acceptors (Lipinski definition) is 6. The second kappa shape index (κ2) is 51.6. The molecule has 0 spiro atoms. The zero-order chi connectivity index (χ0) is 36.2. The fraction of sp³-hybridized carbons (Fsp3) is 0.929. The zero-order valence-corrected chi connectivity index (χ0v) is 35.4. The van der Waals surface area contributed by atoms with Crippen molar-refractivity contribution in [2.75, 3.05) is 0 Å². The third-order valence-electron chi connectivity index (χ3n) is 8.95. The molecule has 0 rings (SSSR count). The number of carbonyl (C=O) groups is 3. The van der Waals surface area contributed by atoms with Gasteiger partial charge in [0.15, 0.2) is 0 Å². The van der Waals surface area contributed by atoms with E-state index in [1.165, 1.54) is 173 Å². The van der Waals surface area contributed by atoms with Crippen LogP contribution in [0.1, 0.15) is 252 Å². The first-order valence-corrected chi connectivity index (χ1v) is 20.9. The van der Waals surface area contributed by atoms with Gasteiger partial charge in [-0.25, -0.2) is 0 Å². The molecule has 0 heterocycles. The van der Waals surface area contributed by atoms with Crippen molar-refractivity contribution in [1.29, 1.82) is 0 Å². The molecule has 0 amide bonds. The van der Waals surface area contributed by atoms with Gasteiger partial charge in [-0.3, -0.25) is 0 Å². The largest absolute Gasteiger partial charge is 3.00 e. The summed E-state index contributed by atoms with van der Waals surface area (Å²) in [4.78, 5) is 30.4. The van der Waals surface area contributed by atoms with Crippen molar-refractivity contribution in [2.24, 2.45) is 0 Å². The molecule has 7 heteroatoms. The molecule has 0 fully saturated rings. The standard InChI is InChI=1S/3C14H28O2.Sb/c3*1-2-3-4-5-6-7-8-9-10-11-12-13-14(15)16;/h3*2-13H2,1H3,(H,15,16);/q;;;+3/p-3. The fourth-order valence-corrected chi connectivity index (χ4v) is 5.80. The normalized spacial score (nSPS) is 10.3. The van der Waals surface area contributed by atoms with Gasteiger partial charge in [0, 0.05) is 17.9 Å². The monoisotopic (exact) mass is 803 g/mol. The summed E-state index contributed by atoms with van der Waals surface area (Å²) in [7, 11) is 0. The van der Waals surface area contributed by atoms with Crippen LogP contribution >= 0.6 is 0 Å². The SMILES string of the molecule is CCCCCCCCCCCCCC(=O)[O-].CCCCCCCCCCCCCC(=O)[O-].CCCCCCCCCCCCCC(=O)[O-].[Sb+3]. The third kappa shape index (κ3) is 66.1. The number of carboxylic acids is 3. The van der Waals surface area contributed by atoms with Gasteiger partial charge in [-0.05, 0) is 38.5 Å². The molecule has 0 aromatic carbocycles. The molecule has 49 heavy (non-hydrogen) atoms. The average molecular weight is 804 g/mol. The molecule has 2 radical (unpaired) electrons. The smallest absolute Gasteiger partial charge is 0.550 e. The van der Waals surface area contributed by atoms with E-state index in [0.717, 1.165) is 38.5 Å². The van der Waals surface area contributed by atoms with E-state index < -0.39 is 17.9 Å². The minimum absolute atomic E-state index is 0. The van der Waals surface area contributed by atoms with Gasteiger partial charge < -0.3 is 29.7 Å². The summed E-state index contributed by atoms with van der Waals surface area (Å²) in [6.07, 6.45) is 42.1. The van der Waals surface area contributed by atoms with Gasteiger partial charge >= 0.3 is 24.4 Å². The van der Waals surface area contributed by atoms with E-state index in [2.05, 4.69) is 20.8 Å². The Labute approximate surface area is 322 Å². The molecule has 0 N–H and O–H groups in total. The summed E-state index contributed by atoms with van der Waals surface area (Å²) in [5.41, 5.74) is 0. The van der Waals surface area contributed by atoms with Crippen LogP contribution in [0, 0.1) is 0 Å². The second-order valence-corrected chi connectivity index (χ2v) is 14.0. The number of hydrogen-bond donors (Lipinski definition) is 0. The van der Waals surface area contributed by atoms with Crippen molar-refractivity contribution in [3.63, 3.8) is 0 Å². The Morgan fingerprint density at radius 2 is 0.388 bits per heavy atom. The van der Waals surface area contributed by atoms with E-state index in [0.29, 0.717) is 0 Å². The fourth-order valence-electron chi connectivity index (χ4n) is 5.80. The molecule has 0 unspecified atom stereocenters. The molecule has 0 aliphatic rings. The first-order chi connectivity index (χ1) is 23.3. The molecule has 0 saturated carbocycles. The van der Waals surface area contributed by atoms with E-state index in [4.69, 9.17) is 0 Å². The number of carboxylic acid groups (broad SMARTS) is 3. The van der Waals surface area contributed by atoms with Crippen LogP contribution in [-0.2, 0) is 14.4 Å². The van der Waals surface area contributed by atoms with Crippen molar-refractivity contribution in [3.8, 4) is 0 Å². The van der Waals surface area contributed by atoms with Crippen molar-refractivity contribution >= 4 is 42.3 Å². The third-order valence-corrected chi connectivity index (χ3v) is 8.95. The molecule has 0 aliphatic heterocycles. The summed E-state index contributed by atoms with van der Waals surface area (Å²) in [6, 6.07) is 0. The molecule has 0 aromatic rings. The molecule has 290 valence electrons. The Kier molecular flexibility index (Phi) is 57.9. The molecule has 0 aromatic heterocycles. The van der Waals surface area contributed by atoms with Crippen LogP contribution in [-0.4, -0.2) is 42.3 Å². The molecule has 0 atom stereocenters. The van der Waals surface area contributed by atoms with Crippen LogP contribution in [0.25, 0.3) is 0 Å². The van der Waals surface area contributed by atoms with E-state index in [1.54, 1.807) is 0 Å². The summed E-state index contributed by atoms with van der Waals surface area (Å²) < 4.78 is 0. The molecule has 0 saturated heterocycles. The van der Waals surface area contributed by atoms with Crippen LogP contribution in [0.15, 0.2) is 0 Å². The van der Waals surface area contributed by atoms with E-state index in [1.807, 2.05) is 0 Å². The van der Waals surface area contributed by atoms with Gasteiger partial charge in [0.1, 0.15) is 0 Å². The minimum Gasteiger partial charge on any atom is -0.550 e. The molecule has 6 nitrogen and oxygen atoms in total. The Hall–Kier alpha value is -0.772. The van der Waals surface area contributed by atoms with Gasteiger partial charge in [-0.2, -0.15) is 0 Å². The Bertz CT molecular complexity index is 557. The van der Waals surface area contributed by atoms with E-state index in [-0.39, 0.29) is 43.7 Å². The van der Waals surface area contributed by atoms with Gasteiger partial charge in [-0.1, -0.05) is 213 Å². The second-order valence-electron chi connectivity index (χ2n) is 14.0. The Morgan fingerprint density at radius 3 is 0.510 bits per heavy atom. The Morgan fingerprint density at radius 1 is 0.265 bits per heavy atom. The average Bonchev–Trinajstić information content (AvgIpc) is 3.05. The van der Waals surface area contributed by atoms with Crippen molar-refractivity contribution in [1.82, 2.24) is 0 Å². The predicted octanol–water partition coefficient (Wildman–Crippen LogP) is 9.93. The predicted molar refractivity (Wildman–Crippen MR) is 204 cm³/mol. The van der Waals surface area contributed by atoms with Crippen molar-refractivity contribution in [3.05, 3.63) is 0 Å². The molecular weight excluding hydrogens is 722 g/mol. The van der Waals surface area contributed by atoms with Crippen molar-refractivity contribution < 1.29 is 29.7 Å². The molecule has 0 aliphatic carbocycles. The summed E-state index contributed by atoms with van der Waals surface area (Å²) in [5, 5.41) is 30.4. The van der Waals surface area contributed by atoms with Gasteiger partial charge in [0.25, 0.3) is 0 Å². The maximum atomic E-state index is 10.1. The quantitative estimate of drug-likeness (QED) is 0.0460. The van der Waals surface area contributed by atoms with E-state index in [9.17, 15) is 29.7 Å². The van der Waals surface area contributed by atoms with Gasteiger partial charge in [0.2, 0.25) is 0 Å². The maximum Gasteiger partial charge on any atom is 3.00 e. The zero-order valence-electron chi connectivity index (χ0n) is 32.9. The van der Waals surface area contributed by atoms with Gasteiger partial charge in [0.05, 0.1) is 0 Å². The number of carbonyl (C=O) groups excluding carboxylic acids is 3. The summed E-state index contributed by atoms with van der Waals surface area (Å²) in [5.74, 6) is -2.72. The number of rotatable bonds is 36. The minimum atomic E-state index is -0.907.